The summed E-state index contributed by atoms with van der Waals surface area (Å²) in [6, 6.07) is 30.5. The number of hydrogen-bond donors (Lipinski definition) is 0. The molecule has 1 heterocycles. The van der Waals surface area contributed by atoms with E-state index in [0.717, 1.165) is 60.4 Å². The van der Waals surface area contributed by atoms with Gasteiger partial charge in [-0.05, 0) is 128 Å². The molecule has 0 saturated carbocycles. The smallest absolute Gasteiger partial charge is 0.292 e. The first-order valence-corrected chi connectivity index (χ1v) is 22.2. The normalized spacial score (nSPS) is 17.4. The van der Waals surface area contributed by atoms with Crippen LogP contribution in [0.1, 0.15) is 83.6 Å². The average molecular weight is 875 g/mol. The molecule has 1 aliphatic carbocycles. The Morgan fingerprint density at radius 3 is 1.67 bits per heavy atom. The zero-order valence-electron chi connectivity index (χ0n) is 37.6. The minimum Gasteiger partial charge on any atom is -0.495 e. The average Bonchev–Trinajstić information content (AvgIpc) is 3.63. The highest BCUT2D eigenvalue weighted by Crippen LogP contribution is 2.53. The number of benzene rings is 4. The molecule has 6 nitrogen and oxygen atoms in total. The van der Waals surface area contributed by atoms with Crippen LogP contribution in [0.25, 0.3) is 15.3 Å². The lowest BCUT2D eigenvalue weighted by atomic mass is 9.70. The van der Waals surface area contributed by atoms with E-state index in [4.69, 9.17) is 29.5 Å². The molecule has 2 aliphatic rings. The molecule has 0 radical (unpaired) electrons. The van der Waals surface area contributed by atoms with Crippen molar-refractivity contribution in [2.24, 2.45) is 11.3 Å². The van der Waals surface area contributed by atoms with E-state index in [2.05, 4.69) is 129 Å². The Bertz CT molecular complexity index is 2530. The van der Waals surface area contributed by atoms with Crippen LogP contribution in [0.3, 0.4) is 0 Å². The van der Waals surface area contributed by atoms with E-state index in [0.29, 0.717) is 28.2 Å². The molecule has 0 fully saturated rings. The molecule has 326 valence electrons. The van der Waals surface area contributed by atoms with Gasteiger partial charge in [0, 0.05) is 59.3 Å². The molecule has 1 atom stereocenters. The van der Waals surface area contributed by atoms with Crippen LogP contribution < -0.4 is 9.80 Å². The second kappa shape index (κ2) is 20.2. The predicted octanol–water partition coefficient (Wildman–Crippen LogP) is 14.3. The quantitative estimate of drug-likeness (QED) is 0.0992. The van der Waals surface area contributed by atoms with Gasteiger partial charge >= 0.3 is 0 Å². The fourth-order valence-corrected chi connectivity index (χ4v) is 8.88. The number of nitriles is 1. The molecule has 4 aromatic rings. The van der Waals surface area contributed by atoms with Crippen LogP contribution >= 0.6 is 11.6 Å². The Hall–Kier alpha value is -6.66. The van der Waals surface area contributed by atoms with Gasteiger partial charge in [-0.1, -0.05) is 105 Å². The van der Waals surface area contributed by atoms with Gasteiger partial charge in [0.05, 0.1) is 19.2 Å². The van der Waals surface area contributed by atoms with E-state index in [9.17, 15) is 14.0 Å². The second-order valence-electron chi connectivity index (χ2n) is 16.9. The summed E-state index contributed by atoms with van der Waals surface area (Å²) in [5.74, 6) is -1.01. The molecule has 0 saturated heterocycles. The lowest BCUT2D eigenvalue weighted by molar-refractivity contribution is 0.0955. The van der Waals surface area contributed by atoms with Crippen LogP contribution in [-0.4, -0.2) is 26.2 Å². The molecule has 9 heteroatoms. The highest BCUT2D eigenvalue weighted by molar-refractivity contribution is 6.32. The van der Waals surface area contributed by atoms with Crippen molar-refractivity contribution in [3.05, 3.63) is 217 Å². The molecular weight excluding hydrogens is 820 g/mol. The second-order valence-corrected chi connectivity index (χ2v) is 17.3. The van der Waals surface area contributed by atoms with E-state index >= 15 is 0 Å². The SMILES string of the molecule is [C-]#[N+]C1=C(/C=C/C2=C(Cl)C(=C/C=C(c3ccc(N(CC)CC)cc3)c3ccc(N(CC)CC)cc3)/CC(C(C)(C)C)C2)C(c2ccc(F)cc2)(c2ccc(F)cc2)O/C1=C(\C#N)[N+]#[C-]. The topological polar surface area (TPSA) is 48.2 Å². The number of rotatable bonds is 13. The number of ether oxygens (including phenoxy) is 1. The van der Waals surface area contributed by atoms with Crippen molar-refractivity contribution in [2.75, 3.05) is 36.0 Å². The number of anilines is 2. The maximum absolute atomic E-state index is 14.5. The van der Waals surface area contributed by atoms with Gasteiger partial charge in [-0.2, -0.15) is 0 Å². The molecule has 64 heavy (non-hydrogen) atoms. The molecule has 0 spiro atoms. The summed E-state index contributed by atoms with van der Waals surface area (Å²) in [6.07, 6.45) is 9.27. The molecular formula is C55H54ClF2N5O. The van der Waals surface area contributed by atoms with E-state index < -0.39 is 22.9 Å². The third-order valence-electron chi connectivity index (χ3n) is 12.4. The fraction of sp³-hybridized carbons (Fsp3) is 0.291. The van der Waals surface area contributed by atoms with E-state index in [-0.39, 0.29) is 22.8 Å². The third kappa shape index (κ3) is 9.62. The van der Waals surface area contributed by atoms with Gasteiger partial charge in [-0.15, -0.1) is 0 Å². The van der Waals surface area contributed by atoms with Crippen LogP contribution in [0.15, 0.2) is 160 Å². The summed E-state index contributed by atoms with van der Waals surface area (Å²) in [5, 5.41) is 10.6. The standard InChI is InChI=1S/C55H54ClF2N5O/c1-10-62(11-2)46-28-14-37(15-29-46)48(38-16-30-47(31-17-38)63(12-3)13-4)32-18-39-34-43(54(5,6)7)35-40(51(39)56)19-33-49-52(61-9)53(50(36-59)60-8)64-55(49,41-20-24-44(57)25-21-41)42-22-26-45(58)27-23-42/h14-33,43H,10-13,34-35H2,1-7H3/b33-19+,39-18+,53-50+. The van der Waals surface area contributed by atoms with Gasteiger partial charge in [0.15, 0.2) is 5.60 Å². The summed E-state index contributed by atoms with van der Waals surface area (Å²) >= 11 is 7.47. The molecule has 4 aromatic carbocycles. The molecule has 0 amide bonds. The maximum atomic E-state index is 14.5. The number of hydrogen-bond acceptors (Lipinski definition) is 4. The van der Waals surface area contributed by atoms with Crippen molar-refractivity contribution in [3.8, 4) is 6.07 Å². The molecule has 6 rings (SSSR count). The first-order valence-electron chi connectivity index (χ1n) is 21.8. The van der Waals surface area contributed by atoms with Gasteiger partial charge < -0.3 is 14.5 Å². The summed E-state index contributed by atoms with van der Waals surface area (Å²) in [5.41, 5.74) is 6.22. The first-order chi connectivity index (χ1) is 30.8. The predicted molar refractivity (Wildman–Crippen MR) is 257 cm³/mol. The molecule has 1 aliphatic heterocycles. The van der Waals surface area contributed by atoms with Crippen molar-refractivity contribution in [2.45, 2.75) is 66.9 Å². The Morgan fingerprint density at radius 1 is 0.781 bits per heavy atom. The Balaban J connectivity index is 1.55. The van der Waals surface area contributed by atoms with Crippen LogP contribution in [0.2, 0.25) is 0 Å². The van der Waals surface area contributed by atoms with Crippen LogP contribution in [0.5, 0.6) is 0 Å². The van der Waals surface area contributed by atoms with Crippen LogP contribution in [0, 0.1) is 47.4 Å². The highest BCUT2D eigenvalue weighted by atomic mass is 35.5. The maximum Gasteiger partial charge on any atom is 0.292 e. The van der Waals surface area contributed by atoms with Gasteiger partial charge in [0.1, 0.15) is 17.4 Å². The molecule has 0 N–H and O–H groups in total. The minimum absolute atomic E-state index is 0.0558. The van der Waals surface area contributed by atoms with Crippen molar-refractivity contribution in [3.63, 3.8) is 0 Å². The lowest BCUT2D eigenvalue weighted by Crippen LogP contribution is -2.29. The molecule has 0 aromatic heterocycles. The number of nitrogens with zero attached hydrogens (tertiary/aromatic N) is 5. The van der Waals surface area contributed by atoms with E-state index in [1.165, 1.54) is 59.9 Å². The molecule has 1 unspecified atom stereocenters. The Morgan fingerprint density at radius 2 is 1.27 bits per heavy atom. The fourth-order valence-electron chi connectivity index (χ4n) is 8.60. The summed E-state index contributed by atoms with van der Waals surface area (Å²) in [4.78, 5) is 11.9. The van der Waals surface area contributed by atoms with Crippen molar-refractivity contribution in [1.82, 2.24) is 0 Å². The third-order valence-corrected chi connectivity index (χ3v) is 12.9. The lowest BCUT2D eigenvalue weighted by Gasteiger charge is -2.36. The monoisotopic (exact) mass is 873 g/mol. The Kier molecular flexibility index (Phi) is 14.8. The van der Waals surface area contributed by atoms with Crippen molar-refractivity contribution >= 4 is 28.5 Å². The summed E-state index contributed by atoms with van der Waals surface area (Å²) in [7, 11) is 0. The van der Waals surface area contributed by atoms with E-state index in [1.54, 1.807) is 6.08 Å². The first kappa shape index (κ1) is 46.8. The minimum atomic E-state index is -1.65. The molecule has 0 bridgehead atoms. The largest absolute Gasteiger partial charge is 0.495 e. The van der Waals surface area contributed by atoms with Gasteiger partial charge in [-0.25, -0.2) is 23.7 Å². The van der Waals surface area contributed by atoms with Gasteiger partial charge in [-0.3, -0.25) is 0 Å². The van der Waals surface area contributed by atoms with Crippen LogP contribution in [0.4, 0.5) is 20.2 Å². The van der Waals surface area contributed by atoms with Crippen LogP contribution in [-0.2, 0) is 10.3 Å². The van der Waals surface area contributed by atoms with Gasteiger partial charge in [0.2, 0.25) is 5.70 Å². The van der Waals surface area contributed by atoms with Crippen molar-refractivity contribution in [1.29, 1.82) is 5.26 Å². The Labute approximate surface area is 383 Å². The summed E-state index contributed by atoms with van der Waals surface area (Å²) in [6.45, 7) is 35.1. The number of halogens is 3. The number of allylic oxidation sites excluding steroid dienone is 7. The zero-order chi connectivity index (χ0) is 46.2. The highest BCUT2D eigenvalue weighted by Gasteiger charge is 2.49. The zero-order valence-corrected chi connectivity index (χ0v) is 38.4. The van der Waals surface area contributed by atoms with E-state index in [1.807, 2.05) is 12.1 Å². The summed E-state index contributed by atoms with van der Waals surface area (Å²) < 4.78 is 35.6. The van der Waals surface area contributed by atoms with Crippen molar-refractivity contribution < 1.29 is 13.5 Å². The van der Waals surface area contributed by atoms with Gasteiger partial charge in [0.25, 0.3) is 5.70 Å².